The monoisotopic (exact) mass is 225 g/mol. The average molecular weight is 225 g/mol. The molecular weight excluding hydrogens is 218 g/mol. The molecule has 1 aromatic heterocycles. The standard InChI is InChI=1S/C12H7N3O2/c16-12-10-9(13-6-7-14-10)11(17-12)15-8-4-2-1-3-5-8/h1-7H. The molecule has 0 spiro atoms. The summed E-state index contributed by atoms with van der Waals surface area (Å²) in [6, 6.07) is 9.23. The number of benzene rings is 1. The third-order valence-corrected chi connectivity index (χ3v) is 2.27. The van der Waals surface area contributed by atoms with Crippen molar-refractivity contribution in [3.05, 3.63) is 54.1 Å². The predicted molar refractivity (Wildman–Crippen MR) is 60.1 cm³/mol. The zero-order valence-corrected chi connectivity index (χ0v) is 8.70. The highest BCUT2D eigenvalue weighted by molar-refractivity contribution is 6.15. The molecule has 5 heteroatoms. The van der Waals surface area contributed by atoms with Crippen LogP contribution in [0.5, 0.6) is 0 Å². The van der Waals surface area contributed by atoms with E-state index in [1.54, 1.807) is 0 Å². The summed E-state index contributed by atoms with van der Waals surface area (Å²) in [5.74, 6) is -0.313. The number of rotatable bonds is 1. The molecule has 0 amide bonds. The molecule has 0 saturated heterocycles. The maximum atomic E-state index is 11.5. The number of nitrogens with zero attached hydrogens (tertiary/aromatic N) is 3. The number of hydrogen-bond acceptors (Lipinski definition) is 5. The number of carbonyl (C=O) groups is 1. The van der Waals surface area contributed by atoms with Gasteiger partial charge in [-0.15, -0.1) is 0 Å². The lowest BCUT2D eigenvalue weighted by Crippen LogP contribution is -2.00. The lowest BCUT2D eigenvalue weighted by molar-refractivity contribution is 0.0732. The lowest BCUT2D eigenvalue weighted by Gasteiger charge is -1.96. The molecule has 0 bridgehead atoms. The van der Waals surface area contributed by atoms with Crippen molar-refractivity contribution >= 4 is 17.6 Å². The minimum Gasteiger partial charge on any atom is -0.400 e. The molecule has 0 N–H and O–H groups in total. The summed E-state index contributed by atoms with van der Waals surface area (Å²) < 4.78 is 5.02. The second-order valence-corrected chi connectivity index (χ2v) is 3.40. The van der Waals surface area contributed by atoms with E-state index < -0.39 is 5.97 Å². The molecule has 82 valence electrons. The van der Waals surface area contributed by atoms with Crippen LogP contribution in [-0.2, 0) is 4.74 Å². The molecule has 0 aliphatic carbocycles. The van der Waals surface area contributed by atoms with Gasteiger partial charge in [0.15, 0.2) is 11.4 Å². The van der Waals surface area contributed by atoms with E-state index in [0.717, 1.165) is 0 Å². The van der Waals surface area contributed by atoms with E-state index in [1.165, 1.54) is 12.4 Å². The maximum Gasteiger partial charge on any atom is 0.366 e. The van der Waals surface area contributed by atoms with Gasteiger partial charge in [-0.2, -0.15) is 0 Å². The number of para-hydroxylation sites is 1. The van der Waals surface area contributed by atoms with Crippen LogP contribution < -0.4 is 0 Å². The maximum absolute atomic E-state index is 11.5. The molecule has 2 heterocycles. The van der Waals surface area contributed by atoms with E-state index in [4.69, 9.17) is 4.74 Å². The summed E-state index contributed by atoms with van der Waals surface area (Å²) in [4.78, 5) is 23.6. The Morgan fingerprint density at radius 1 is 1.00 bits per heavy atom. The summed E-state index contributed by atoms with van der Waals surface area (Å²) in [5, 5.41) is 0. The zero-order chi connectivity index (χ0) is 11.7. The van der Waals surface area contributed by atoms with E-state index in [2.05, 4.69) is 15.0 Å². The Bertz CT molecular complexity index is 608. The molecule has 17 heavy (non-hydrogen) atoms. The van der Waals surface area contributed by atoms with Gasteiger partial charge in [0, 0.05) is 12.4 Å². The number of fused-ring (bicyclic) bond motifs is 1. The van der Waals surface area contributed by atoms with Crippen molar-refractivity contribution < 1.29 is 9.53 Å². The molecular formula is C12H7N3O2. The molecule has 3 rings (SSSR count). The Labute approximate surface area is 96.8 Å². The van der Waals surface area contributed by atoms with Crippen molar-refractivity contribution in [1.29, 1.82) is 0 Å². The summed E-state index contributed by atoms with van der Waals surface area (Å²) in [6.45, 7) is 0. The molecule has 0 unspecified atom stereocenters. The molecule has 0 fully saturated rings. The van der Waals surface area contributed by atoms with Crippen molar-refractivity contribution in [3.63, 3.8) is 0 Å². The minimum absolute atomic E-state index is 0.198. The number of aliphatic imine (C=N–C) groups is 1. The summed E-state index contributed by atoms with van der Waals surface area (Å²) in [5.41, 5.74) is 1.30. The molecule has 0 atom stereocenters. The second-order valence-electron chi connectivity index (χ2n) is 3.40. The van der Waals surface area contributed by atoms with E-state index in [9.17, 15) is 4.79 Å². The number of carbonyl (C=O) groups excluding carboxylic acids is 1. The topological polar surface area (TPSA) is 64.4 Å². The van der Waals surface area contributed by atoms with Crippen LogP contribution in [0.2, 0.25) is 0 Å². The SMILES string of the molecule is O=C1OC(=Nc2ccccc2)c2nccnc21. The van der Waals surface area contributed by atoms with Crippen LogP contribution in [0.4, 0.5) is 5.69 Å². The number of cyclic esters (lactones) is 1. The third-order valence-electron chi connectivity index (χ3n) is 2.27. The first-order chi connectivity index (χ1) is 8.34. The highest BCUT2D eigenvalue weighted by atomic mass is 16.5. The lowest BCUT2D eigenvalue weighted by atomic mass is 10.3. The Balaban J connectivity index is 2.08. The van der Waals surface area contributed by atoms with E-state index in [0.29, 0.717) is 11.4 Å². The summed E-state index contributed by atoms with van der Waals surface area (Å²) in [7, 11) is 0. The molecule has 1 aliphatic rings. The fraction of sp³-hybridized carbons (Fsp3) is 0. The molecule has 1 aliphatic heterocycles. The number of esters is 1. The van der Waals surface area contributed by atoms with Crippen LogP contribution in [0.15, 0.2) is 47.7 Å². The van der Waals surface area contributed by atoms with E-state index in [1.807, 2.05) is 30.3 Å². The largest absolute Gasteiger partial charge is 0.400 e. The highest BCUT2D eigenvalue weighted by Gasteiger charge is 2.30. The van der Waals surface area contributed by atoms with Crippen LogP contribution in [0.1, 0.15) is 16.2 Å². The van der Waals surface area contributed by atoms with E-state index in [-0.39, 0.29) is 11.6 Å². The summed E-state index contributed by atoms with van der Waals surface area (Å²) in [6.07, 6.45) is 2.95. The first kappa shape index (κ1) is 9.65. The summed E-state index contributed by atoms with van der Waals surface area (Å²) >= 11 is 0. The van der Waals surface area contributed by atoms with Crippen molar-refractivity contribution in [2.75, 3.05) is 0 Å². The Morgan fingerprint density at radius 3 is 2.47 bits per heavy atom. The van der Waals surface area contributed by atoms with Crippen LogP contribution in [0.25, 0.3) is 0 Å². The van der Waals surface area contributed by atoms with Gasteiger partial charge >= 0.3 is 5.97 Å². The number of aromatic nitrogens is 2. The van der Waals surface area contributed by atoms with Crippen molar-refractivity contribution in [3.8, 4) is 0 Å². The van der Waals surface area contributed by atoms with Gasteiger partial charge in [0.25, 0.3) is 5.90 Å². The molecule has 0 saturated carbocycles. The molecule has 1 aromatic carbocycles. The average Bonchev–Trinajstić information content (AvgIpc) is 2.69. The van der Waals surface area contributed by atoms with Gasteiger partial charge < -0.3 is 4.74 Å². The predicted octanol–water partition coefficient (Wildman–Crippen LogP) is 1.73. The third kappa shape index (κ3) is 1.67. The minimum atomic E-state index is -0.511. The number of ether oxygens (including phenoxy) is 1. The van der Waals surface area contributed by atoms with Crippen molar-refractivity contribution in [2.24, 2.45) is 4.99 Å². The second kappa shape index (κ2) is 3.79. The molecule has 5 nitrogen and oxygen atoms in total. The van der Waals surface area contributed by atoms with Gasteiger partial charge in [-0.05, 0) is 12.1 Å². The van der Waals surface area contributed by atoms with Crippen LogP contribution in [-0.4, -0.2) is 21.8 Å². The Kier molecular flexibility index (Phi) is 2.15. The van der Waals surface area contributed by atoms with Gasteiger partial charge in [-0.3, -0.25) is 0 Å². The van der Waals surface area contributed by atoms with Crippen LogP contribution in [0, 0.1) is 0 Å². The van der Waals surface area contributed by atoms with Gasteiger partial charge in [-0.1, -0.05) is 18.2 Å². The highest BCUT2D eigenvalue weighted by Crippen LogP contribution is 2.19. The Hall–Kier alpha value is -2.56. The van der Waals surface area contributed by atoms with Crippen LogP contribution >= 0.6 is 0 Å². The van der Waals surface area contributed by atoms with Gasteiger partial charge in [0.05, 0.1) is 5.69 Å². The Morgan fingerprint density at radius 2 is 1.71 bits per heavy atom. The van der Waals surface area contributed by atoms with Crippen LogP contribution in [0.3, 0.4) is 0 Å². The first-order valence-corrected chi connectivity index (χ1v) is 5.02. The first-order valence-electron chi connectivity index (χ1n) is 5.02. The molecule has 0 radical (unpaired) electrons. The molecule has 2 aromatic rings. The zero-order valence-electron chi connectivity index (χ0n) is 8.70. The van der Waals surface area contributed by atoms with Gasteiger partial charge in [-0.25, -0.2) is 19.8 Å². The van der Waals surface area contributed by atoms with Crippen molar-refractivity contribution in [2.45, 2.75) is 0 Å². The normalized spacial score (nSPS) is 15.8. The number of hydrogen-bond donors (Lipinski definition) is 0. The quantitative estimate of drug-likeness (QED) is 0.693. The van der Waals surface area contributed by atoms with Gasteiger partial charge in [0.2, 0.25) is 0 Å². The smallest absolute Gasteiger partial charge is 0.366 e. The fourth-order valence-corrected chi connectivity index (χ4v) is 1.52. The van der Waals surface area contributed by atoms with Crippen molar-refractivity contribution in [1.82, 2.24) is 9.97 Å². The fourth-order valence-electron chi connectivity index (χ4n) is 1.52. The van der Waals surface area contributed by atoms with Gasteiger partial charge in [0.1, 0.15) is 0 Å². The van der Waals surface area contributed by atoms with E-state index >= 15 is 0 Å².